The summed E-state index contributed by atoms with van der Waals surface area (Å²) in [5, 5.41) is 3.25. The highest BCUT2D eigenvalue weighted by Crippen LogP contribution is 2.32. The van der Waals surface area contributed by atoms with Gasteiger partial charge in [0.05, 0.1) is 12.6 Å². The van der Waals surface area contributed by atoms with Crippen LogP contribution in [-0.2, 0) is 11.2 Å². The lowest BCUT2D eigenvalue weighted by Gasteiger charge is -2.35. The van der Waals surface area contributed by atoms with Crippen LogP contribution in [0.3, 0.4) is 0 Å². The Morgan fingerprint density at radius 1 is 0.971 bits per heavy atom. The SMILES string of the molecule is Cc1cc(C)nc(Nc2cc(C)nc(C3CCCCN3CC(=O)N3CCc4ccccc43)n2)n1. The van der Waals surface area contributed by atoms with Crippen molar-refractivity contribution in [2.24, 2.45) is 0 Å². The number of hydrogen-bond acceptors (Lipinski definition) is 7. The van der Waals surface area contributed by atoms with Crippen LogP contribution < -0.4 is 10.2 Å². The van der Waals surface area contributed by atoms with E-state index in [9.17, 15) is 4.79 Å². The van der Waals surface area contributed by atoms with Crippen molar-refractivity contribution in [3.8, 4) is 0 Å². The van der Waals surface area contributed by atoms with Crippen molar-refractivity contribution in [1.82, 2.24) is 24.8 Å². The first kappa shape index (κ1) is 22.4. The second-order valence-electron chi connectivity index (χ2n) is 9.26. The van der Waals surface area contributed by atoms with Crippen LogP contribution in [0, 0.1) is 20.8 Å². The number of carbonyl (C=O) groups excluding carboxylic acids is 1. The van der Waals surface area contributed by atoms with E-state index >= 15 is 0 Å². The number of rotatable bonds is 5. The van der Waals surface area contributed by atoms with Crippen LogP contribution in [0.1, 0.15) is 53.8 Å². The molecule has 5 rings (SSSR count). The molecule has 1 unspecified atom stereocenters. The first-order valence-electron chi connectivity index (χ1n) is 12.0. The number of para-hydroxylation sites is 1. The molecular formula is C26H31N7O. The maximum Gasteiger partial charge on any atom is 0.241 e. The molecule has 0 bridgehead atoms. The monoisotopic (exact) mass is 457 g/mol. The Hall–Kier alpha value is -3.39. The van der Waals surface area contributed by atoms with Crippen LogP contribution in [0.4, 0.5) is 17.5 Å². The first-order valence-corrected chi connectivity index (χ1v) is 12.0. The van der Waals surface area contributed by atoms with Gasteiger partial charge < -0.3 is 10.2 Å². The van der Waals surface area contributed by atoms with Crippen molar-refractivity contribution in [2.75, 3.05) is 29.9 Å². The second kappa shape index (κ2) is 9.46. The molecular weight excluding hydrogens is 426 g/mol. The number of piperidine rings is 1. The Bertz CT molecular complexity index is 1190. The van der Waals surface area contributed by atoms with Gasteiger partial charge in [-0.1, -0.05) is 24.6 Å². The Labute approximate surface area is 200 Å². The maximum absolute atomic E-state index is 13.3. The normalized spacial score (nSPS) is 18.1. The van der Waals surface area contributed by atoms with E-state index in [0.717, 1.165) is 67.4 Å². The number of aryl methyl sites for hydroxylation is 3. The third-order valence-electron chi connectivity index (χ3n) is 6.53. The number of nitrogens with zero attached hydrogens (tertiary/aromatic N) is 6. The Morgan fingerprint density at radius 2 is 1.74 bits per heavy atom. The summed E-state index contributed by atoms with van der Waals surface area (Å²) in [6.45, 7) is 7.86. The Kier molecular flexibility index (Phi) is 6.24. The third kappa shape index (κ3) is 4.77. The number of carbonyl (C=O) groups is 1. The summed E-state index contributed by atoms with van der Waals surface area (Å²) in [6.07, 6.45) is 4.03. The summed E-state index contributed by atoms with van der Waals surface area (Å²) in [6, 6.07) is 12.1. The van der Waals surface area contributed by atoms with Crippen LogP contribution >= 0.6 is 0 Å². The number of anilines is 3. The molecule has 1 saturated heterocycles. The molecule has 34 heavy (non-hydrogen) atoms. The zero-order valence-corrected chi connectivity index (χ0v) is 20.1. The molecule has 2 aliphatic rings. The zero-order valence-electron chi connectivity index (χ0n) is 20.1. The van der Waals surface area contributed by atoms with Crippen LogP contribution in [0.5, 0.6) is 0 Å². The van der Waals surface area contributed by atoms with Crippen LogP contribution in [-0.4, -0.2) is 50.4 Å². The van der Waals surface area contributed by atoms with E-state index in [1.165, 1.54) is 5.56 Å². The van der Waals surface area contributed by atoms with Crippen molar-refractivity contribution >= 4 is 23.4 Å². The second-order valence-corrected chi connectivity index (χ2v) is 9.26. The lowest BCUT2D eigenvalue weighted by Crippen LogP contribution is -2.43. The maximum atomic E-state index is 13.3. The molecule has 8 heteroatoms. The summed E-state index contributed by atoms with van der Waals surface area (Å²) in [5.41, 5.74) is 4.98. The lowest BCUT2D eigenvalue weighted by atomic mass is 10.0. The van der Waals surface area contributed by atoms with Gasteiger partial charge in [0.2, 0.25) is 11.9 Å². The third-order valence-corrected chi connectivity index (χ3v) is 6.53. The van der Waals surface area contributed by atoms with E-state index in [-0.39, 0.29) is 11.9 Å². The van der Waals surface area contributed by atoms with E-state index in [0.29, 0.717) is 18.3 Å². The smallest absolute Gasteiger partial charge is 0.241 e. The molecule has 1 N–H and O–H groups in total. The van der Waals surface area contributed by atoms with Gasteiger partial charge in [-0.05, 0) is 64.3 Å². The van der Waals surface area contributed by atoms with E-state index in [2.05, 4.69) is 26.3 Å². The number of aromatic nitrogens is 4. The first-order chi connectivity index (χ1) is 16.5. The molecule has 1 fully saturated rings. The summed E-state index contributed by atoms with van der Waals surface area (Å²) in [5.74, 6) is 2.11. The molecule has 1 amide bonds. The molecule has 8 nitrogen and oxygen atoms in total. The molecule has 4 heterocycles. The van der Waals surface area contributed by atoms with Crippen molar-refractivity contribution in [2.45, 2.75) is 52.5 Å². The molecule has 0 aliphatic carbocycles. The molecule has 1 atom stereocenters. The number of benzene rings is 1. The van der Waals surface area contributed by atoms with Gasteiger partial charge in [0.25, 0.3) is 0 Å². The van der Waals surface area contributed by atoms with Crippen LogP contribution in [0.25, 0.3) is 0 Å². The fraction of sp³-hybridized carbons (Fsp3) is 0.423. The molecule has 2 aromatic heterocycles. The van der Waals surface area contributed by atoms with Gasteiger partial charge in [-0.25, -0.2) is 19.9 Å². The van der Waals surface area contributed by atoms with Crippen molar-refractivity contribution < 1.29 is 4.79 Å². The molecule has 1 aromatic carbocycles. The number of hydrogen-bond donors (Lipinski definition) is 1. The minimum Gasteiger partial charge on any atom is -0.311 e. The molecule has 3 aromatic rings. The molecule has 0 radical (unpaired) electrons. The molecule has 176 valence electrons. The minimum atomic E-state index is 0.0103. The van der Waals surface area contributed by atoms with E-state index in [1.807, 2.05) is 56.0 Å². The highest BCUT2D eigenvalue weighted by Gasteiger charge is 2.31. The van der Waals surface area contributed by atoms with Gasteiger partial charge in [0, 0.05) is 35.4 Å². The number of nitrogens with one attached hydrogen (secondary N) is 1. The Morgan fingerprint density at radius 3 is 2.56 bits per heavy atom. The zero-order chi connectivity index (χ0) is 23.7. The predicted octanol–water partition coefficient (Wildman–Crippen LogP) is 4.05. The van der Waals surface area contributed by atoms with Gasteiger partial charge >= 0.3 is 0 Å². The van der Waals surface area contributed by atoms with E-state index < -0.39 is 0 Å². The summed E-state index contributed by atoms with van der Waals surface area (Å²) >= 11 is 0. The fourth-order valence-corrected chi connectivity index (χ4v) is 5.03. The van der Waals surface area contributed by atoms with Crippen LogP contribution in [0.15, 0.2) is 36.4 Å². The highest BCUT2D eigenvalue weighted by molar-refractivity contribution is 5.96. The summed E-state index contributed by atoms with van der Waals surface area (Å²) in [4.78, 5) is 36.0. The van der Waals surface area contributed by atoms with Gasteiger partial charge in [-0.3, -0.25) is 9.69 Å². The lowest BCUT2D eigenvalue weighted by molar-refractivity contribution is -0.120. The predicted molar refractivity (Wildman–Crippen MR) is 132 cm³/mol. The fourth-order valence-electron chi connectivity index (χ4n) is 5.03. The van der Waals surface area contributed by atoms with Gasteiger partial charge in [-0.15, -0.1) is 0 Å². The number of fused-ring (bicyclic) bond motifs is 1. The van der Waals surface area contributed by atoms with Crippen LogP contribution in [0.2, 0.25) is 0 Å². The topological polar surface area (TPSA) is 87.1 Å². The average Bonchev–Trinajstić information content (AvgIpc) is 3.23. The number of amides is 1. The van der Waals surface area contributed by atoms with Gasteiger partial charge in [0.1, 0.15) is 11.6 Å². The highest BCUT2D eigenvalue weighted by atomic mass is 16.2. The van der Waals surface area contributed by atoms with E-state index in [1.54, 1.807) is 0 Å². The average molecular weight is 458 g/mol. The van der Waals surface area contributed by atoms with Crippen molar-refractivity contribution in [3.63, 3.8) is 0 Å². The van der Waals surface area contributed by atoms with E-state index in [4.69, 9.17) is 9.97 Å². The van der Waals surface area contributed by atoms with Crippen molar-refractivity contribution in [3.05, 3.63) is 64.9 Å². The summed E-state index contributed by atoms with van der Waals surface area (Å²) in [7, 11) is 0. The van der Waals surface area contributed by atoms with Crippen molar-refractivity contribution in [1.29, 1.82) is 0 Å². The standard InChI is InChI=1S/C26H31N7O/c1-17-14-18(2)29-26(28-17)31-23-15-19(3)27-25(30-23)22-10-6-7-12-32(22)16-24(34)33-13-11-20-8-4-5-9-21(20)33/h4-5,8-9,14-15,22H,6-7,10-13,16H2,1-3H3,(H,27,28,29,30,31). The number of likely N-dealkylation sites (tertiary alicyclic amines) is 1. The quantitative estimate of drug-likeness (QED) is 0.618. The van der Waals surface area contributed by atoms with Gasteiger partial charge in [-0.2, -0.15) is 0 Å². The largest absolute Gasteiger partial charge is 0.311 e. The summed E-state index contributed by atoms with van der Waals surface area (Å²) < 4.78 is 0. The van der Waals surface area contributed by atoms with Gasteiger partial charge in [0.15, 0.2) is 0 Å². The minimum absolute atomic E-state index is 0.0103. The molecule has 0 saturated carbocycles. The Balaban J connectivity index is 1.36. The molecule has 0 spiro atoms. The molecule has 2 aliphatic heterocycles.